The van der Waals surface area contributed by atoms with E-state index in [4.69, 9.17) is 21.1 Å². The lowest BCUT2D eigenvalue weighted by molar-refractivity contribution is -0.116. The third-order valence-corrected chi connectivity index (χ3v) is 5.74. The van der Waals surface area contributed by atoms with Crippen LogP contribution in [-0.2, 0) is 17.9 Å². The first-order chi connectivity index (χ1) is 16.5. The summed E-state index contributed by atoms with van der Waals surface area (Å²) in [5.41, 5.74) is 0.737. The topological polar surface area (TPSA) is 91.6 Å². The molecule has 172 valence electrons. The predicted octanol–water partition coefficient (Wildman–Crippen LogP) is 3.27. The molecule has 1 aromatic heterocycles. The number of fused-ring (bicyclic) bond motifs is 2. The van der Waals surface area contributed by atoms with E-state index in [0.717, 1.165) is 10.1 Å². The Bertz CT molecular complexity index is 1510. The Hall–Kier alpha value is -4.04. The second kappa shape index (κ2) is 9.07. The normalized spacial score (nSPS) is 12.5. The van der Waals surface area contributed by atoms with Gasteiger partial charge in [-0.1, -0.05) is 41.9 Å². The van der Waals surface area contributed by atoms with Gasteiger partial charge in [-0.2, -0.15) is 0 Å². The highest BCUT2D eigenvalue weighted by atomic mass is 35.5. The molecule has 1 amide bonds. The maximum Gasteiger partial charge on any atom is 0.317 e. The second-order valence-corrected chi connectivity index (χ2v) is 8.24. The molecule has 1 aliphatic rings. The van der Waals surface area contributed by atoms with Gasteiger partial charge in [-0.3, -0.25) is 23.5 Å². The molecule has 3 aromatic carbocycles. The minimum Gasteiger partial charge on any atom is -0.486 e. The van der Waals surface area contributed by atoms with Gasteiger partial charge in [0.1, 0.15) is 19.8 Å². The lowest BCUT2D eigenvalue weighted by atomic mass is 10.2. The molecular weight excluding hydrogens is 458 g/mol. The number of ether oxygens (including phenoxy) is 2. The minimum absolute atomic E-state index is 0.220. The third-order valence-electron chi connectivity index (χ3n) is 5.50. The minimum atomic E-state index is -0.803. The molecule has 0 saturated heterocycles. The monoisotopic (exact) mass is 477 g/mol. The van der Waals surface area contributed by atoms with Crippen molar-refractivity contribution in [2.75, 3.05) is 18.5 Å². The van der Waals surface area contributed by atoms with Crippen molar-refractivity contribution in [2.45, 2.75) is 13.1 Å². The van der Waals surface area contributed by atoms with E-state index < -0.39 is 17.0 Å². The Kier molecular flexibility index (Phi) is 5.81. The highest BCUT2D eigenvalue weighted by molar-refractivity contribution is 6.31. The lowest BCUT2D eigenvalue weighted by Gasteiger charge is -2.19. The number of anilines is 1. The standard InChI is InChI=1S/C25H20ClN3O5/c26-17-6-8-19-20(12-17)29(25(32)24(31)28(19)14-16-4-2-1-3-5-16)15-23(30)27-18-7-9-21-22(13-18)34-11-10-33-21/h1-9,12-13H,10-11,14-15H2,(H,27,30). The Morgan fingerprint density at radius 2 is 1.59 bits per heavy atom. The van der Waals surface area contributed by atoms with E-state index in [2.05, 4.69) is 5.32 Å². The van der Waals surface area contributed by atoms with Crippen LogP contribution in [0.2, 0.25) is 5.02 Å². The molecule has 9 heteroatoms. The number of carbonyl (C=O) groups is 1. The summed E-state index contributed by atoms with van der Waals surface area (Å²) < 4.78 is 13.6. The Morgan fingerprint density at radius 1 is 0.853 bits per heavy atom. The number of carbonyl (C=O) groups excluding carboxylic acids is 1. The molecule has 0 unspecified atom stereocenters. The average molecular weight is 478 g/mol. The van der Waals surface area contributed by atoms with Crippen LogP contribution in [0, 0.1) is 0 Å². The summed E-state index contributed by atoms with van der Waals surface area (Å²) in [6.45, 7) is 0.752. The SMILES string of the molecule is O=C(Cn1c(=O)c(=O)n(Cc2ccccc2)c2ccc(Cl)cc21)Nc1ccc2c(c1)OCCO2. The molecule has 2 heterocycles. The Balaban J connectivity index is 1.50. The number of rotatable bonds is 5. The smallest absolute Gasteiger partial charge is 0.317 e. The number of aromatic nitrogens is 2. The second-order valence-electron chi connectivity index (χ2n) is 7.81. The summed E-state index contributed by atoms with van der Waals surface area (Å²) in [5, 5.41) is 3.13. The molecule has 0 atom stereocenters. The van der Waals surface area contributed by atoms with E-state index in [1.165, 1.54) is 4.57 Å². The van der Waals surface area contributed by atoms with E-state index in [1.807, 2.05) is 30.3 Å². The number of nitrogens with one attached hydrogen (secondary N) is 1. The van der Waals surface area contributed by atoms with Crippen molar-refractivity contribution in [3.63, 3.8) is 0 Å². The zero-order chi connectivity index (χ0) is 23.7. The van der Waals surface area contributed by atoms with Crippen LogP contribution in [0.15, 0.2) is 76.3 Å². The van der Waals surface area contributed by atoms with Gasteiger partial charge in [-0.05, 0) is 35.9 Å². The van der Waals surface area contributed by atoms with Crippen molar-refractivity contribution in [3.05, 3.63) is 98.0 Å². The lowest BCUT2D eigenvalue weighted by Crippen LogP contribution is -2.43. The molecule has 4 aromatic rings. The van der Waals surface area contributed by atoms with Crippen molar-refractivity contribution in [3.8, 4) is 11.5 Å². The van der Waals surface area contributed by atoms with Gasteiger partial charge < -0.3 is 14.8 Å². The number of hydrogen-bond donors (Lipinski definition) is 1. The first-order valence-corrected chi connectivity index (χ1v) is 11.0. The van der Waals surface area contributed by atoms with E-state index in [-0.39, 0.29) is 13.1 Å². The van der Waals surface area contributed by atoms with Crippen molar-refractivity contribution < 1.29 is 14.3 Å². The predicted molar refractivity (Wildman–Crippen MR) is 129 cm³/mol. The van der Waals surface area contributed by atoms with Gasteiger partial charge in [0.2, 0.25) is 5.91 Å². The molecular formula is C25H20ClN3O5. The molecule has 0 aliphatic carbocycles. The van der Waals surface area contributed by atoms with Gasteiger partial charge in [-0.25, -0.2) is 0 Å². The molecule has 0 radical (unpaired) electrons. The van der Waals surface area contributed by atoms with Gasteiger partial charge in [-0.15, -0.1) is 0 Å². The van der Waals surface area contributed by atoms with Gasteiger partial charge in [0.15, 0.2) is 11.5 Å². The van der Waals surface area contributed by atoms with Crippen LogP contribution in [0.25, 0.3) is 11.0 Å². The summed E-state index contributed by atoms with van der Waals surface area (Å²) in [6.07, 6.45) is 0. The van der Waals surface area contributed by atoms with Crippen LogP contribution < -0.4 is 25.9 Å². The van der Waals surface area contributed by atoms with Crippen LogP contribution in [0.3, 0.4) is 0 Å². The molecule has 34 heavy (non-hydrogen) atoms. The number of amides is 1. The number of hydrogen-bond acceptors (Lipinski definition) is 5. The molecule has 1 aliphatic heterocycles. The largest absolute Gasteiger partial charge is 0.486 e. The average Bonchev–Trinajstić information content (AvgIpc) is 2.85. The number of nitrogens with zero attached hydrogens (tertiary/aromatic N) is 2. The van der Waals surface area contributed by atoms with Crippen molar-refractivity contribution in [1.82, 2.24) is 9.13 Å². The van der Waals surface area contributed by atoms with Crippen molar-refractivity contribution in [2.24, 2.45) is 0 Å². The zero-order valence-electron chi connectivity index (χ0n) is 18.0. The van der Waals surface area contributed by atoms with E-state index in [0.29, 0.717) is 46.5 Å². The van der Waals surface area contributed by atoms with Crippen molar-refractivity contribution in [1.29, 1.82) is 0 Å². The fraction of sp³-hybridized carbons (Fsp3) is 0.160. The van der Waals surface area contributed by atoms with Gasteiger partial charge in [0.25, 0.3) is 0 Å². The fourth-order valence-electron chi connectivity index (χ4n) is 3.94. The summed E-state index contributed by atoms with van der Waals surface area (Å²) >= 11 is 6.20. The Morgan fingerprint density at radius 3 is 2.38 bits per heavy atom. The summed E-state index contributed by atoms with van der Waals surface area (Å²) in [5.74, 6) is 0.658. The molecule has 0 fully saturated rings. The van der Waals surface area contributed by atoms with Crippen LogP contribution >= 0.6 is 11.6 Å². The number of halogens is 1. The molecule has 8 nitrogen and oxygen atoms in total. The first-order valence-electron chi connectivity index (χ1n) is 10.7. The summed E-state index contributed by atoms with van der Waals surface area (Å²) in [6, 6.07) is 19.3. The van der Waals surface area contributed by atoms with E-state index in [9.17, 15) is 14.4 Å². The van der Waals surface area contributed by atoms with Gasteiger partial charge in [0, 0.05) is 16.8 Å². The molecule has 0 spiro atoms. The van der Waals surface area contributed by atoms with E-state index in [1.54, 1.807) is 36.4 Å². The number of benzene rings is 3. The quantitative estimate of drug-likeness (QED) is 0.445. The summed E-state index contributed by atoms with van der Waals surface area (Å²) in [7, 11) is 0. The van der Waals surface area contributed by atoms with Crippen molar-refractivity contribution >= 4 is 34.2 Å². The highest BCUT2D eigenvalue weighted by Gasteiger charge is 2.17. The highest BCUT2D eigenvalue weighted by Crippen LogP contribution is 2.32. The van der Waals surface area contributed by atoms with Crippen LogP contribution in [0.5, 0.6) is 11.5 Å². The fourth-order valence-corrected chi connectivity index (χ4v) is 4.10. The van der Waals surface area contributed by atoms with Gasteiger partial charge in [0.05, 0.1) is 17.6 Å². The van der Waals surface area contributed by atoms with Gasteiger partial charge >= 0.3 is 11.1 Å². The van der Waals surface area contributed by atoms with Crippen LogP contribution in [0.4, 0.5) is 5.69 Å². The summed E-state index contributed by atoms with van der Waals surface area (Å²) in [4.78, 5) is 38.9. The maximum atomic E-state index is 13.1. The first kappa shape index (κ1) is 21.8. The Labute approximate surface area is 198 Å². The van der Waals surface area contributed by atoms with Crippen LogP contribution in [-0.4, -0.2) is 28.3 Å². The molecule has 0 saturated carbocycles. The van der Waals surface area contributed by atoms with Crippen LogP contribution in [0.1, 0.15) is 5.56 Å². The zero-order valence-corrected chi connectivity index (χ0v) is 18.7. The van der Waals surface area contributed by atoms with E-state index >= 15 is 0 Å². The molecule has 5 rings (SSSR count). The third kappa shape index (κ3) is 4.27. The maximum absolute atomic E-state index is 13.1. The molecule has 0 bridgehead atoms. The molecule has 1 N–H and O–H groups in total.